The van der Waals surface area contributed by atoms with E-state index in [2.05, 4.69) is 15.2 Å². The number of nitrogens with two attached hydrogens (primary N) is 1. The lowest BCUT2D eigenvalue weighted by Crippen LogP contribution is -2.17. The first-order valence-corrected chi connectivity index (χ1v) is 6.29. The van der Waals surface area contributed by atoms with Crippen molar-refractivity contribution in [3.63, 3.8) is 0 Å². The van der Waals surface area contributed by atoms with Crippen LogP contribution in [0.5, 0.6) is 0 Å². The average Bonchev–Trinajstić information content (AvgIpc) is 2.59. The SMILES string of the molecule is Cc1cc(-c2nnc(S(N)(=O)=O)n2C)ccn1. The topological polar surface area (TPSA) is 104 Å². The third-order valence-corrected chi connectivity index (χ3v) is 3.11. The highest BCUT2D eigenvalue weighted by molar-refractivity contribution is 7.89. The van der Waals surface area contributed by atoms with Crippen molar-refractivity contribution in [1.29, 1.82) is 0 Å². The minimum Gasteiger partial charge on any atom is -0.300 e. The van der Waals surface area contributed by atoms with Crippen molar-refractivity contribution < 1.29 is 8.42 Å². The van der Waals surface area contributed by atoms with Crippen LogP contribution in [-0.2, 0) is 17.1 Å². The molecule has 0 aliphatic rings. The zero-order chi connectivity index (χ0) is 12.6. The van der Waals surface area contributed by atoms with E-state index in [0.29, 0.717) is 5.82 Å². The Kier molecular flexibility index (Phi) is 2.68. The Labute approximate surface area is 98.4 Å². The zero-order valence-electron chi connectivity index (χ0n) is 9.32. The molecule has 0 fully saturated rings. The molecule has 2 N–H and O–H groups in total. The Balaban J connectivity index is 2.60. The fourth-order valence-electron chi connectivity index (χ4n) is 1.50. The molecule has 90 valence electrons. The molecule has 0 radical (unpaired) electrons. The van der Waals surface area contributed by atoms with E-state index in [1.54, 1.807) is 25.4 Å². The van der Waals surface area contributed by atoms with Gasteiger partial charge in [-0.05, 0) is 19.1 Å². The van der Waals surface area contributed by atoms with Gasteiger partial charge in [0.15, 0.2) is 5.82 Å². The molecular weight excluding hydrogens is 242 g/mol. The molecular formula is C9H11N5O2S. The highest BCUT2D eigenvalue weighted by Gasteiger charge is 2.19. The van der Waals surface area contributed by atoms with Crippen LogP contribution in [0.3, 0.4) is 0 Å². The maximum Gasteiger partial charge on any atom is 0.273 e. The van der Waals surface area contributed by atoms with Crippen molar-refractivity contribution in [1.82, 2.24) is 19.7 Å². The van der Waals surface area contributed by atoms with Crippen LogP contribution in [0, 0.1) is 6.92 Å². The first-order valence-electron chi connectivity index (χ1n) is 4.75. The second-order valence-electron chi connectivity index (χ2n) is 3.60. The molecule has 2 heterocycles. The number of primary sulfonamides is 1. The minimum atomic E-state index is -3.86. The average molecular weight is 253 g/mol. The van der Waals surface area contributed by atoms with Crippen LogP contribution in [0.1, 0.15) is 5.69 Å². The molecule has 0 unspecified atom stereocenters. The van der Waals surface area contributed by atoms with E-state index in [-0.39, 0.29) is 5.16 Å². The molecule has 0 aliphatic heterocycles. The van der Waals surface area contributed by atoms with Crippen molar-refractivity contribution in [3.05, 3.63) is 24.0 Å². The Morgan fingerprint density at radius 3 is 2.59 bits per heavy atom. The first-order chi connectivity index (χ1) is 7.89. The molecule has 0 saturated heterocycles. The second kappa shape index (κ2) is 3.90. The Bertz CT molecular complexity index is 662. The standard InChI is InChI=1S/C9H11N5O2S/c1-6-5-7(3-4-11-6)8-12-13-9(14(8)2)17(10,15)16/h3-5H,1-2H3,(H2,10,15,16). The van der Waals surface area contributed by atoms with Crippen LogP contribution >= 0.6 is 0 Å². The summed E-state index contributed by atoms with van der Waals surface area (Å²) in [6, 6.07) is 3.51. The molecule has 8 heteroatoms. The number of aryl methyl sites for hydroxylation is 1. The third kappa shape index (κ3) is 2.17. The summed E-state index contributed by atoms with van der Waals surface area (Å²) in [4.78, 5) is 4.05. The van der Waals surface area contributed by atoms with Gasteiger partial charge >= 0.3 is 0 Å². The fourth-order valence-corrected chi connectivity index (χ4v) is 2.12. The van der Waals surface area contributed by atoms with Crippen LogP contribution in [-0.4, -0.2) is 28.2 Å². The van der Waals surface area contributed by atoms with Crippen LogP contribution in [0.25, 0.3) is 11.4 Å². The van der Waals surface area contributed by atoms with Gasteiger partial charge in [-0.1, -0.05) is 0 Å². The molecule has 0 spiro atoms. The Hall–Kier alpha value is -1.80. The van der Waals surface area contributed by atoms with Gasteiger partial charge in [0, 0.05) is 24.5 Å². The van der Waals surface area contributed by atoms with Crippen molar-refractivity contribution in [2.45, 2.75) is 12.1 Å². The number of rotatable bonds is 2. The van der Waals surface area contributed by atoms with Crippen LogP contribution in [0.2, 0.25) is 0 Å². The third-order valence-electron chi connectivity index (χ3n) is 2.24. The predicted molar refractivity (Wildman–Crippen MR) is 60.3 cm³/mol. The van der Waals surface area contributed by atoms with Gasteiger partial charge in [-0.3, -0.25) is 9.55 Å². The molecule has 0 aliphatic carbocycles. The highest BCUT2D eigenvalue weighted by atomic mass is 32.2. The van der Waals surface area contributed by atoms with Gasteiger partial charge in [-0.15, -0.1) is 10.2 Å². The molecule has 0 amide bonds. The van der Waals surface area contributed by atoms with E-state index < -0.39 is 10.0 Å². The summed E-state index contributed by atoms with van der Waals surface area (Å²) in [5.41, 5.74) is 1.55. The Morgan fingerprint density at radius 2 is 2.06 bits per heavy atom. The van der Waals surface area contributed by atoms with Gasteiger partial charge in [0.1, 0.15) is 0 Å². The first kappa shape index (κ1) is 11.7. The highest BCUT2D eigenvalue weighted by Crippen LogP contribution is 2.18. The maximum atomic E-state index is 11.2. The smallest absolute Gasteiger partial charge is 0.273 e. The quantitative estimate of drug-likeness (QED) is 0.800. The van der Waals surface area contributed by atoms with Gasteiger partial charge in [0.05, 0.1) is 0 Å². The summed E-state index contributed by atoms with van der Waals surface area (Å²) < 4.78 is 23.8. The van der Waals surface area contributed by atoms with E-state index in [9.17, 15) is 8.42 Å². The lowest BCUT2D eigenvalue weighted by Gasteiger charge is -2.02. The normalized spacial score (nSPS) is 11.7. The number of pyridine rings is 1. The summed E-state index contributed by atoms with van der Waals surface area (Å²) in [6.07, 6.45) is 1.62. The summed E-state index contributed by atoms with van der Waals surface area (Å²) in [5.74, 6) is 0.430. The summed E-state index contributed by atoms with van der Waals surface area (Å²) in [6.45, 7) is 1.83. The van der Waals surface area contributed by atoms with E-state index in [0.717, 1.165) is 11.3 Å². The lowest BCUT2D eigenvalue weighted by molar-refractivity contribution is 0.580. The van der Waals surface area contributed by atoms with Crippen LogP contribution in [0.4, 0.5) is 0 Å². The molecule has 17 heavy (non-hydrogen) atoms. The van der Waals surface area contributed by atoms with Gasteiger partial charge in [-0.25, -0.2) is 13.6 Å². The van der Waals surface area contributed by atoms with Gasteiger partial charge in [0.25, 0.3) is 15.2 Å². The van der Waals surface area contributed by atoms with E-state index in [4.69, 9.17) is 5.14 Å². The number of aromatic nitrogens is 4. The van der Waals surface area contributed by atoms with Crippen molar-refractivity contribution in [2.75, 3.05) is 0 Å². The molecule has 7 nitrogen and oxygen atoms in total. The van der Waals surface area contributed by atoms with E-state index in [1.807, 2.05) is 6.92 Å². The zero-order valence-corrected chi connectivity index (χ0v) is 10.1. The van der Waals surface area contributed by atoms with E-state index >= 15 is 0 Å². The molecule has 0 aromatic carbocycles. The van der Waals surface area contributed by atoms with Crippen molar-refractivity contribution >= 4 is 10.0 Å². The van der Waals surface area contributed by atoms with Gasteiger partial charge < -0.3 is 0 Å². The number of sulfonamides is 1. The second-order valence-corrected chi connectivity index (χ2v) is 5.05. The van der Waals surface area contributed by atoms with Crippen LogP contribution in [0.15, 0.2) is 23.5 Å². The minimum absolute atomic E-state index is 0.262. The summed E-state index contributed by atoms with van der Waals surface area (Å²) in [5, 5.41) is 12.1. The maximum absolute atomic E-state index is 11.2. The van der Waals surface area contributed by atoms with Gasteiger partial charge in [0.2, 0.25) is 0 Å². The fraction of sp³-hybridized carbons (Fsp3) is 0.222. The summed E-state index contributed by atoms with van der Waals surface area (Å²) in [7, 11) is -2.31. The predicted octanol–water partition coefficient (Wildman–Crippen LogP) is -0.167. The lowest BCUT2D eigenvalue weighted by atomic mass is 10.2. The number of nitrogens with zero attached hydrogens (tertiary/aromatic N) is 4. The number of hydrogen-bond acceptors (Lipinski definition) is 5. The van der Waals surface area contributed by atoms with Crippen molar-refractivity contribution in [2.24, 2.45) is 12.2 Å². The van der Waals surface area contributed by atoms with Crippen LogP contribution < -0.4 is 5.14 Å². The van der Waals surface area contributed by atoms with Gasteiger partial charge in [-0.2, -0.15) is 0 Å². The largest absolute Gasteiger partial charge is 0.300 e. The molecule has 0 atom stereocenters. The van der Waals surface area contributed by atoms with Crippen molar-refractivity contribution in [3.8, 4) is 11.4 Å². The van der Waals surface area contributed by atoms with E-state index in [1.165, 1.54) is 4.57 Å². The molecule has 0 saturated carbocycles. The summed E-state index contributed by atoms with van der Waals surface area (Å²) >= 11 is 0. The molecule has 2 aromatic heterocycles. The molecule has 2 rings (SSSR count). The molecule has 2 aromatic rings. The molecule has 0 bridgehead atoms. The number of hydrogen-bond donors (Lipinski definition) is 1. The Morgan fingerprint density at radius 1 is 1.35 bits per heavy atom. The monoisotopic (exact) mass is 253 g/mol.